The molecule has 27 heavy (non-hydrogen) atoms. The molecule has 0 N–H and O–H groups in total. The van der Waals surface area contributed by atoms with Gasteiger partial charge in [0.2, 0.25) is 5.91 Å². The molecule has 144 valence electrons. The monoisotopic (exact) mass is 386 g/mol. The number of amides is 1. The van der Waals surface area contributed by atoms with Gasteiger partial charge in [0.25, 0.3) is 0 Å². The van der Waals surface area contributed by atoms with Gasteiger partial charge in [-0.15, -0.1) is 10.2 Å². The van der Waals surface area contributed by atoms with Crippen LogP contribution in [0.3, 0.4) is 0 Å². The Morgan fingerprint density at radius 2 is 1.93 bits per heavy atom. The number of ether oxygens (including phenoxy) is 1. The Balaban J connectivity index is 1.49. The summed E-state index contributed by atoms with van der Waals surface area (Å²) < 4.78 is 7.43. The normalized spacial score (nSPS) is 17.0. The number of thioether (sulfide) groups is 1. The maximum Gasteiger partial charge on any atom is 0.233 e. The van der Waals surface area contributed by atoms with Gasteiger partial charge in [0.15, 0.2) is 11.0 Å². The number of benzene rings is 1. The predicted octanol–water partition coefficient (Wildman–Crippen LogP) is 2.79. The van der Waals surface area contributed by atoms with Crippen LogP contribution in [0.2, 0.25) is 0 Å². The van der Waals surface area contributed by atoms with Gasteiger partial charge in [0, 0.05) is 25.2 Å². The summed E-state index contributed by atoms with van der Waals surface area (Å²) in [6.07, 6.45) is 4.89. The quantitative estimate of drug-likeness (QED) is 0.740. The molecule has 4 rings (SSSR count). The van der Waals surface area contributed by atoms with Gasteiger partial charge < -0.3 is 14.2 Å². The topological polar surface area (TPSA) is 60.2 Å². The van der Waals surface area contributed by atoms with Gasteiger partial charge in [0.1, 0.15) is 0 Å². The summed E-state index contributed by atoms with van der Waals surface area (Å²) in [5.41, 5.74) is 4.04. The van der Waals surface area contributed by atoms with Crippen molar-refractivity contribution in [2.75, 3.05) is 32.1 Å². The van der Waals surface area contributed by atoms with Crippen molar-refractivity contribution in [1.29, 1.82) is 0 Å². The van der Waals surface area contributed by atoms with Crippen LogP contribution < -0.4 is 0 Å². The molecule has 2 heterocycles. The van der Waals surface area contributed by atoms with Crippen LogP contribution in [0.5, 0.6) is 0 Å². The van der Waals surface area contributed by atoms with Crippen LogP contribution >= 0.6 is 11.8 Å². The SMILES string of the molecule is CCn1c(SCC(=O)N2CCOCC2)nnc1-c1ccc2c(c1)CCCC2. The fraction of sp³-hybridized carbons (Fsp3) is 0.550. The van der Waals surface area contributed by atoms with E-state index in [0.29, 0.717) is 32.1 Å². The van der Waals surface area contributed by atoms with Gasteiger partial charge in [-0.2, -0.15) is 0 Å². The molecule has 0 bridgehead atoms. The van der Waals surface area contributed by atoms with E-state index in [2.05, 4.69) is 39.9 Å². The minimum absolute atomic E-state index is 0.143. The zero-order chi connectivity index (χ0) is 18.6. The van der Waals surface area contributed by atoms with E-state index in [1.54, 1.807) is 0 Å². The first-order valence-corrected chi connectivity index (χ1v) is 10.8. The number of rotatable bonds is 5. The van der Waals surface area contributed by atoms with E-state index in [4.69, 9.17) is 4.74 Å². The highest BCUT2D eigenvalue weighted by Gasteiger charge is 2.20. The zero-order valence-electron chi connectivity index (χ0n) is 15.8. The average molecular weight is 387 g/mol. The number of fused-ring (bicyclic) bond motifs is 1. The molecule has 1 fully saturated rings. The van der Waals surface area contributed by atoms with Crippen LogP contribution in [0.15, 0.2) is 23.4 Å². The molecule has 0 saturated carbocycles. The van der Waals surface area contributed by atoms with E-state index in [1.165, 1.54) is 42.2 Å². The summed E-state index contributed by atoms with van der Waals surface area (Å²) in [5.74, 6) is 1.43. The molecule has 0 atom stereocenters. The van der Waals surface area contributed by atoms with Gasteiger partial charge >= 0.3 is 0 Å². The van der Waals surface area contributed by atoms with Gasteiger partial charge in [-0.3, -0.25) is 4.79 Å². The lowest BCUT2D eigenvalue weighted by Crippen LogP contribution is -2.41. The molecule has 1 saturated heterocycles. The van der Waals surface area contributed by atoms with Crippen molar-refractivity contribution >= 4 is 17.7 Å². The Hall–Kier alpha value is -1.86. The third-order valence-corrected chi connectivity index (χ3v) is 6.28. The smallest absolute Gasteiger partial charge is 0.233 e. The van der Waals surface area contributed by atoms with E-state index in [1.807, 2.05) is 4.90 Å². The van der Waals surface area contributed by atoms with Gasteiger partial charge in [-0.25, -0.2) is 0 Å². The molecule has 1 aromatic heterocycles. The molecule has 0 spiro atoms. The molecular formula is C20H26N4O2S. The fourth-order valence-electron chi connectivity index (χ4n) is 3.80. The summed E-state index contributed by atoms with van der Waals surface area (Å²) in [6.45, 7) is 5.50. The number of aromatic nitrogens is 3. The van der Waals surface area contributed by atoms with Crippen molar-refractivity contribution in [1.82, 2.24) is 19.7 Å². The predicted molar refractivity (Wildman–Crippen MR) is 106 cm³/mol. The number of hydrogen-bond acceptors (Lipinski definition) is 5. The summed E-state index contributed by atoms with van der Waals surface area (Å²) in [4.78, 5) is 14.3. The molecule has 2 aliphatic rings. The van der Waals surface area contributed by atoms with Crippen LogP contribution in [0.1, 0.15) is 30.9 Å². The van der Waals surface area contributed by atoms with Gasteiger partial charge in [-0.1, -0.05) is 23.9 Å². The molecule has 7 heteroatoms. The van der Waals surface area contributed by atoms with Crippen LogP contribution in [-0.4, -0.2) is 57.6 Å². The maximum atomic E-state index is 12.4. The molecule has 2 aromatic rings. The second kappa shape index (κ2) is 8.44. The number of carbonyl (C=O) groups is 1. The van der Waals surface area contributed by atoms with Crippen molar-refractivity contribution in [3.8, 4) is 11.4 Å². The lowest BCUT2D eigenvalue weighted by molar-refractivity contribution is -0.132. The first kappa shape index (κ1) is 18.5. The first-order chi connectivity index (χ1) is 13.3. The minimum Gasteiger partial charge on any atom is -0.378 e. The van der Waals surface area contributed by atoms with Crippen molar-refractivity contribution in [2.24, 2.45) is 0 Å². The van der Waals surface area contributed by atoms with Gasteiger partial charge in [-0.05, 0) is 49.8 Å². The number of hydrogen-bond donors (Lipinski definition) is 0. The van der Waals surface area contributed by atoms with Gasteiger partial charge in [0.05, 0.1) is 19.0 Å². The lowest BCUT2D eigenvalue weighted by Gasteiger charge is -2.26. The van der Waals surface area contributed by atoms with E-state index in [9.17, 15) is 4.79 Å². The molecular weight excluding hydrogens is 360 g/mol. The highest BCUT2D eigenvalue weighted by Crippen LogP contribution is 2.29. The Morgan fingerprint density at radius 1 is 1.15 bits per heavy atom. The van der Waals surface area contributed by atoms with Crippen molar-refractivity contribution < 1.29 is 9.53 Å². The molecule has 1 aromatic carbocycles. The Morgan fingerprint density at radius 3 is 2.70 bits per heavy atom. The number of carbonyl (C=O) groups excluding carboxylic acids is 1. The largest absolute Gasteiger partial charge is 0.378 e. The minimum atomic E-state index is 0.143. The second-order valence-electron chi connectivity index (χ2n) is 7.02. The summed E-state index contributed by atoms with van der Waals surface area (Å²) in [5, 5.41) is 9.63. The van der Waals surface area contributed by atoms with E-state index in [-0.39, 0.29) is 5.91 Å². The van der Waals surface area contributed by atoms with E-state index < -0.39 is 0 Å². The number of morpholine rings is 1. The van der Waals surface area contributed by atoms with Crippen molar-refractivity contribution in [2.45, 2.75) is 44.3 Å². The number of nitrogens with zero attached hydrogens (tertiary/aromatic N) is 4. The fourth-order valence-corrected chi connectivity index (χ4v) is 4.70. The Bertz CT molecular complexity index is 814. The van der Waals surface area contributed by atoms with Crippen LogP contribution in [0.4, 0.5) is 0 Å². The molecule has 0 radical (unpaired) electrons. The first-order valence-electron chi connectivity index (χ1n) is 9.80. The van der Waals surface area contributed by atoms with Crippen LogP contribution in [0.25, 0.3) is 11.4 Å². The Kier molecular flexibility index (Phi) is 5.78. The lowest BCUT2D eigenvalue weighted by atomic mass is 9.90. The van der Waals surface area contributed by atoms with E-state index in [0.717, 1.165) is 29.5 Å². The maximum absolute atomic E-state index is 12.4. The molecule has 1 aliphatic carbocycles. The molecule has 1 amide bonds. The van der Waals surface area contributed by atoms with E-state index >= 15 is 0 Å². The third-order valence-electron chi connectivity index (χ3n) is 5.33. The summed E-state index contributed by atoms with van der Waals surface area (Å²) >= 11 is 1.47. The zero-order valence-corrected chi connectivity index (χ0v) is 16.6. The van der Waals surface area contributed by atoms with Crippen molar-refractivity contribution in [3.05, 3.63) is 29.3 Å². The highest BCUT2D eigenvalue weighted by molar-refractivity contribution is 7.99. The standard InChI is InChI=1S/C20H26N4O2S/c1-2-24-19(17-8-7-15-5-3-4-6-16(15)13-17)21-22-20(24)27-14-18(25)23-9-11-26-12-10-23/h7-8,13H,2-6,9-12,14H2,1H3. The molecule has 6 nitrogen and oxygen atoms in total. The highest BCUT2D eigenvalue weighted by atomic mass is 32.2. The second-order valence-corrected chi connectivity index (χ2v) is 7.97. The number of aryl methyl sites for hydroxylation is 2. The van der Waals surface area contributed by atoms with Crippen LogP contribution in [0, 0.1) is 0 Å². The van der Waals surface area contributed by atoms with Crippen molar-refractivity contribution in [3.63, 3.8) is 0 Å². The average Bonchev–Trinajstić information content (AvgIpc) is 3.15. The summed E-state index contributed by atoms with van der Waals surface area (Å²) in [6, 6.07) is 6.68. The Labute approximate surface area is 164 Å². The third kappa shape index (κ3) is 4.04. The van der Waals surface area contributed by atoms with Crippen LogP contribution in [-0.2, 0) is 28.9 Å². The summed E-state index contributed by atoms with van der Waals surface area (Å²) in [7, 11) is 0. The molecule has 0 unspecified atom stereocenters. The molecule has 1 aliphatic heterocycles.